The van der Waals surface area contributed by atoms with Gasteiger partial charge in [0.25, 0.3) is 0 Å². The van der Waals surface area contributed by atoms with Gasteiger partial charge in [-0.05, 0) is 18.9 Å². The lowest BCUT2D eigenvalue weighted by atomic mass is 9.75. The van der Waals surface area contributed by atoms with E-state index in [2.05, 4.69) is 0 Å². The van der Waals surface area contributed by atoms with E-state index in [1.165, 1.54) is 0 Å². The van der Waals surface area contributed by atoms with Crippen molar-refractivity contribution in [3.63, 3.8) is 0 Å². The summed E-state index contributed by atoms with van der Waals surface area (Å²) in [5, 5.41) is 11.0. The third-order valence-corrected chi connectivity index (χ3v) is 3.97. The van der Waals surface area contributed by atoms with Crippen LogP contribution in [-0.4, -0.2) is 24.4 Å². The molecule has 2 rings (SSSR count). The lowest BCUT2D eigenvalue weighted by molar-refractivity contribution is -0.484. The van der Waals surface area contributed by atoms with Crippen molar-refractivity contribution in [2.45, 2.75) is 31.6 Å². The van der Waals surface area contributed by atoms with Crippen molar-refractivity contribution in [3.05, 3.63) is 39.9 Å². The molecule has 20 heavy (non-hydrogen) atoms. The molecular weight excluding hydrogens is 258 g/mol. The molecule has 0 saturated heterocycles. The number of ether oxygens (including phenoxy) is 1. The summed E-state index contributed by atoms with van der Waals surface area (Å²) in [6.07, 6.45) is 3.12. The summed E-state index contributed by atoms with van der Waals surface area (Å²) in [4.78, 5) is 22.8. The first kappa shape index (κ1) is 14.5. The van der Waals surface area contributed by atoms with E-state index in [0.29, 0.717) is 12.2 Å². The van der Waals surface area contributed by atoms with Gasteiger partial charge in [-0.25, -0.2) is 0 Å². The smallest absolute Gasteiger partial charge is 0.211 e. The van der Waals surface area contributed by atoms with Gasteiger partial charge in [0.15, 0.2) is 0 Å². The normalized spacial score (nSPS) is 20.4. The van der Waals surface area contributed by atoms with Crippen LogP contribution in [0.4, 0.5) is 0 Å². The van der Waals surface area contributed by atoms with Crippen molar-refractivity contribution in [1.82, 2.24) is 0 Å². The second-order valence-corrected chi connectivity index (χ2v) is 5.18. The van der Waals surface area contributed by atoms with Crippen molar-refractivity contribution in [2.75, 3.05) is 13.7 Å². The molecule has 1 aliphatic rings. The van der Waals surface area contributed by atoms with Crippen LogP contribution >= 0.6 is 0 Å². The van der Waals surface area contributed by atoms with Gasteiger partial charge in [0.2, 0.25) is 6.54 Å². The van der Waals surface area contributed by atoms with Gasteiger partial charge >= 0.3 is 0 Å². The van der Waals surface area contributed by atoms with Crippen LogP contribution in [0, 0.1) is 16.0 Å². The zero-order valence-corrected chi connectivity index (χ0v) is 11.6. The van der Waals surface area contributed by atoms with Crippen LogP contribution < -0.4 is 4.74 Å². The summed E-state index contributed by atoms with van der Waals surface area (Å²) in [5.74, 6) is 0.117. The molecule has 0 spiro atoms. The molecular formula is C15H19NO4. The molecule has 2 atom stereocenters. The molecule has 0 N–H and O–H groups in total. The van der Waals surface area contributed by atoms with Crippen LogP contribution in [0.5, 0.6) is 5.75 Å². The standard InChI is InChI=1S/C15H19NO4/c1-20-15-9-5-3-7-12(15)13(10-16(18)19)11-6-2-4-8-14(11)17/h3,5,7,9,11,13H,2,4,6,8,10H2,1H3/t11?,13-/m1/s1. The van der Waals surface area contributed by atoms with E-state index in [0.717, 1.165) is 24.8 Å². The van der Waals surface area contributed by atoms with Crippen molar-refractivity contribution < 1.29 is 14.5 Å². The van der Waals surface area contributed by atoms with Crippen molar-refractivity contribution >= 4 is 5.78 Å². The quantitative estimate of drug-likeness (QED) is 0.613. The first-order valence-corrected chi connectivity index (χ1v) is 6.91. The van der Waals surface area contributed by atoms with Crippen molar-refractivity contribution in [1.29, 1.82) is 0 Å². The highest BCUT2D eigenvalue weighted by molar-refractivity contribution is 5.82. The predicted molar refractivity (Wildman–Crippen MR) is 74.6 cm³/mol. The molecule has 1 saturated carbocycles. The van der Waals surface area contributed by atoms with Crippen molar-refractivity contribution in [2.24, 2.45) is 5.92 Å². The van der Waals surface area contributed by atoms with Gasteiger partial charge in [-0.2, -0.15) is 0 Å². The van der Waals surface area contributed by atoms with E-state index in [-0.39, 0.29) is 23.2 Å². The van der Waals surface area contributed by atoms with Gasteiger partial charge in [-0.1, -0.05) is 24.6 Å². The maximum Gasteiger partial charge on any atom is 0.211 e. The fraction of sp³-hybridized carbons (Fsp3) is 0.533. The van der Waals surface area contributed by atoms with Gasteiger partial charge in [-0.15, -0.1) is 0 Å². The van der Waals surface area contributed by atoms with Crippen molar-refractivity contribution in [3.8, 4) is 5.75 Å². The maximum absolute atomic E-state index is 12.1. The predicted octanol–water partition coefficient (Wildman–Crippen LogP) is 2.81. The van der Waals surface area contributed by atoms with E-state index >= 15 is 0 Å². The van der Waals surface area contributed by atoms with Gasteiger partial charge in [-0.3, -0.25) is 14.9 Å². The Bertz CT molecular complexity index is 500. The first-order valence-electron chi connectivity index (χ1n) is 6.91. The average Bonchev–Trinajstić information content (AvgIpc) is 2.45. The van der Waals surface area contributed by atoms with Crippen LogP contribution in [-0.2, 0) is 4.79 Å². The van der Waals surface area contributed by atoms with Gasteiger partial charge in [0, 0.05) is 22.8 Å². The molecule has 0 bridgehead atoms. The number of hydrogen-bond acceptors (Lipinski definition) is 4. The van der Waals surface area contributed by atoms with Gasteiger partial charge < -0.3 is 4.74 Å². The topological polar surface area (TPSA) is 69.4 Å². The Kier molecular flexibility index (Phi) is 4.71. The Morgan fingerprint density at radius 2 is 2.15 bits per heavy atom. The number of ketones is 1. The molecule has 1 unspecified atom stereocenters. The van der Waals surface area contributed by atoms with Gasteiger partial charge in [0.05, 0.1) is 13.0 Å². The van der Waals surface area contributed by atoms with Crippen LogP contribution in [0.2, 0.25) is 0 Å². The Hall–Kier alpha value is -1.91. The third-order valence-electron chi connectivity index (χ3n) is 3.97. The monoisotopic (exact) mass is 277 g/mol. The number of nitro groups is 1. The summed E-state index contributed by atoms with van der Waals surface area (Å²) < 4.78 is 5.30. The number of Topliss-reactive ketones (excluding diaryl/α,β-unsaturated/α-hetero) is 1. The van der Waals surface area contributed by atoms with E-state index in [9.17, 15) is 14.9 Å². The Balaban J connectivity index is 2.35. The van der Waals surface area contributed by atoms with Crippen LogP contribution in [0.3, 0.4) is 0 Å². The van der Waals surface area contributed by atoms with Crippen LogP contribution in [0.15, 0.2) is 24.3 Å². The minimum absolute atomic E-state index is 0.147. The summed E-state index contributed by atoms with van der Waals surface area (Å²) in [6, 6.07) is 7.27. The number of benzene rings is 1. The molecule has 5 nitrogen and oxygen atoms in total. The number of para-hydroxylation sites is 1. The Morgan fingerprint density at radius 1 is 1.40 bits per heavy atom. The van der Waals surface area contributed by atoms with Gasteiger partial charge in [0.1, 0.15) is 11.5 Å². The molecule has 108 valence electrons. The molecule has 1 aromatic carbocycles. The number of nitrogens with zero attached hydrogens (tertiary/aromatic N) is 1. The molecule has 0 amide bonds. The zero-order chi connectivity index (χ0) is 14.5. The number of methoxy groups -OCH3 is 1. The third kappa shape index (κ3) is 3.15. The highest BCUT2D eigenvalue weighted by Gasteiger charge is 2.35. The summed E-state index contributed by atoms with van der Waals surface area (Å²) in [7, 11) is 1.55. The zero-order valence-electron chi connectivity index (χ0n) is 11.6. The molecule has 1 aromatic rings. The first-order chi connectivity index (χ1) is 9.63. The number of rotatable bonds is 5. The fourth-order valence-electron chi connectivity index (χ4n) is 3.01. The Morgan fingerprint density at radius 3 is 2.80 bits per heavy atom. The lowest BCUT2D eigenvalue weighted by Crippen LogP contribution is -2.30. The molecule has 1 fully saturated rings. The molecule has 5 heteroatoms. The minimum Gasteiger partial charge on any atom is -0.496 e. The van der Waals surface area contributed by atoms with E-state index in [1.807, 2.05) is 18.2 Å². The molecule has 1 aliphatic carbocycles. The van der Waals surface area contributed by atoms with E-state index < -0.39 is 5.92 Å². The average molecular weight is 277 g/mol. The second kappa shape index (κ2) is 6.50. The van der Waals surface area contributed by atoms with E-state index in [1.54, 1.807) is 13.2 Å². The summed E-state index contributed by atoms with van der Waals surface area (Å²) in [6.45, 7) is -0.225. The highest BCUT2D eigenvalue weighted by atomic mass is 16.6. The summed E-state index contributed by atoms with van der Waals surface area (Å²) in [5.41, 5.74) is 0.770. The maximum atomic E-state index is 12.1. The van der Waals surface area contributed by atoms with Crippen LogP contribution in [0.25, 0.3) is 0 Å². The number of carbonyl (C=O) groups excluding carboxylic acids is 1. The molecule has 0 aromatic heterocycles. The largest absolute Gasteiger partial charge is 0.496 e. The molecule has 0 aliphatic heterocycles. The number of hydrogen-bond donors (Lipinski definition) is 0. The fourth-order valence-corrected chi connectivity index (χ4v) is 3.01. The molecule has 0 radical (unpaired) electrons. The summed E-state index contributed by atoms with van der Waals surface area (Å²) >= 11 is 0. The highest BCUT2D eigenvalue weighted by Crippen LogP contribution is 2.37. The SMILES string of the molecule is COc1ccccc1[C@H](C[N+](=O)[O-])C1CCCCC1=O. The number of carbonyl (C=O) groups is 1. The van der Waals surface area contributed by atoms with Crippen LogP contribution in [0.1, 0.15) is 37.2 Å². The molecule has 0 heterocycles. The Labute approximate surface area is 118 Å². The second-order valence-electron chi connectivity index (χ2n) is 5.18. The van der Waals surface area contributed by atoms with E-state index in [4.69, 9.17) is 4.74 Å². The lowest BCUT2D eigenvalue weighted by Gasteiger charge is -2.27. The minimum atomic E-state index is -0.394.